The Bertz CT molecular complexity index is 1040. The molecule has 1 aromatic carbocycles. The first kappa shape index (κ1) is 25.8. The molecule has 4 fully saturated rings. The highest BCUT2D eigenvalue weighted by molar-refractivity contribution is 7.89. The fourth-order valence-electron chi connectivity index (χ4n) is 6.73. The molecule has 4 atom stereocenters. The Morgan fingerprint density at radius 1 is 1.00 bits per heavy atom. The zero-order valence-corrected chi connectivity index (χ0v) is 21.1. The van der Waals surface area contributed by atoms with E-state index in [1.807, 2.05) is 4.90 Å². The van der Waals surface area contributed by atoms with E-state index in [1.165, 1.54) is 12.1 Å². The van der Waals surface area contributed by atoms with Crippen LogP contribution in [0.1, 0.15) is 51.4 Å². The lowest BCUT2D eigenvalue weighted by Crippen LogP contribution is -2.65. The van der Waals surface area contributed by atoms with Gasteiger partial charge >= 0.3 is 6.36 Å². The number of ether oxygens (including phenoxy) is 1. The topological polar surface area (TPSA) is 70.2 Å². The predicted octanol–water partition coefficient (Wildman–Crippen LogP) is 3.85. The highest BCUT2D eigenvalue weighted by atomic mass is 32.2. The molecule has 0 N–H and O–H groups in total. The monoisotopic (exact) mass is 529 g/mol. The number of carbonyl (C=O) groups is 1. The first-order chi connectivity index (χ1) is 17.1. The Labute approximate surface area is 210 Å². The van der Waals surface area contributed by atoms with Crippen molar-refractivity contribution < 1.29 is 31.1 Å². The molecule has 0 bridgehead atoms. The van der Waals surface area contributed by atoms with Crippen molar-refractivity contribution in [3.05, 3.63) is 24.3 Å². The van der Waals surface area contributed by atoms with Crippen LogP contribution >= 0.6 is 0 Å². The molecular formula is C25H34F3N3O4S. The average molecular weight is 530 g/mol. The zero-order valence-electron chi connectivity index (χ0n) is 20.3. The number of nitrogens with zero attached hydrogens (tertiary/aromatic N) is 3. The fraction of sp³-hybridized carbons (Fsp3) is 0.720. The molecular weight excluding hydrogens is 495 g/mol. The predicted molar refractivity (Wildman–Crippen MR) is 127 cm³/mol. The van der Waals surface area contributed by atoms with Crippen LogP contribution in [-0.4, -0.2) is 79.6 Å². The highest BCUT2D eigenvalue weighted by Crippen LogP contribution is 2.45. The van der Waals surface area contributed by atoms with E-state index >= 15 is 0 Å². The van der Waals surface area contributed by atoms with Crippen LogP contribution in [0.5, 0.6) is 5.75 Å². The number of hydrogen-bond acceptors (Lipinski definition) is 5. The Balaban J connectivity index is 1.38. The smallest absolute Gasteiger partial charge is 0.406 e. The third-order valence-electron chi connectivity index (χ3n) is 8.39. The minimum atomic E-state index is -4.84. The van der Waals surface area contributed by atoms with Gasteiger partial charge in [-0.05, 0) is 94.1 Å². The molecule has 0 aromatic heterocycles. The third-order valence-corrected chi connectivity index (χ3v) is 10.3. The molecule has 0 unspecified atom stereocenters. The molecule has 0 aliphatic carbocycles. The van der Waals surface area contributed by atoms with Gasteiger partial charge in [-0.15, -0.1) is 13.2 Å². The largest absolute Gasteiger partial charge is 0.573 e. The van der Waals surface area contributed by atoms with E-state index in [9.17, 15) is 26.4 Å². The van der Waals surface area contributed by atoms with E-state index in [1.54, 1.807) is 4.31 Å². The van der Waals surface area contributed by atoms with Crippen LogP contribution in [0, 0.1) is 11.8 Å². The number of rotatable bonds is 7. The van der Waals surface area contributed by atoms with E-state index in [4.69, 9.17) is 0 Å². The molecule has 0 radical (unpaired) electrons. The van der Waals surface area contributed by atoms with Gasteiger partial charge in [-0.1, -0.05) is 0 Å². The van der Waals surface area contributed by atoms with Crippen molar-refractivity contribution in [2.24, 2.45) is 11.8 Å². The number of likely N-dealkylation sites (tertiary alicyclic amines) is 1. The second kappa shape index (κ2) is 10.1. The highest BCUT2D eigenvalue weighted by Gasteiger charge is 2.51. The van der Waals surface area contributed by atoms with E-state index in [0.29, 0.717) is 31.8 Å². The maximum Gasteiger partial charge on any atom is 0.573 e. The summed E-state index contributed by atoms with van der Waals surface area (Å²) in [7, 11) is -3.94. The van der Waals surface area contributed by atoms with Crippen LogP contribution in [0.2, 0.25) is 0 Å². The molecule has 7 nitrogen and oxygen atoms in total. The van der Waals surface area contributed by atoms with E-state index < -0.39 is 22.1 Å². The van der Waals surface area contributed by atoms with Gasteiger partial charge in [0.05, 0.1) is 4.90 Å². The quantitative estimate of drug-likeness (QED) is 0.537. The number of carbonyl (C=O) groups excluding carboxylic acids is 1. The Morgan fingerprint density at radius 2 is 1.69 bits per heavy atom. The van der Waals surface area contributed by atoms with Crippen molar-refractivity contribution in [2.45, 2.75) is 74.7 Å². The average Bonchev–Trinajstić information content (AvgIpc) is 2.78. The van der Waals surface area contributed by atoms with E-state index in [2.05, 4.69) is 9.64 Å². The van der Waals surface area contributed by atoms with Crippen LogP contribution in [0.3, 0.4) is 0 Å². The van der Waals surface area contributed by atoms with Gasteiger partial charge in [0, 0.05) is 38.1 Å². The van der Waals surface area contributed by atoms with Gasteiger partial charge in [-0.3, -0.25) is 9.69 Å². The third kappa shape index (κ3) is 5.24. The Kier molecular flexibility index (Phi) is 7.26. The summed E-state index contributed by atoms with van der Waals surface area (Å²) in [5, 5.41) is 0. The number of piperidine rings is 3. The van der Waals surface area contributed by atoms with Crippen LogP contribution in [0.4, 0.5) is 13.2 Å². The molecule has 11 heteroatoms. The summed E-state index contributed by atoms with van der Waals surface area (Å²) in [6.45, 7) is 4.11. The lowest BCUT2D eigenvalue weighted by molar-refractivity contribution is -0.274. The number of alkyl halides is 3. The van der Waals surface area contributed by atoms with E-state index in [-0.39, 0.29) is 28.7 Å². The number of sulfonamides is 1. The summed E-state index contributed by atoms with van der Waals surface area (Å²) >= 11 is 0. The second-order valence-electron chi connectivity index (χ2n) is 10.5. The molecule has 4 heterocycles. The summed E-state index contributed by atoms with van der Waals surface area (Å²) in [6, 6.07) is 4.63. The van der Waals surface area contributed by atoms with Crippen LogP contribution in [-0.2, 0) is 14.8 Å². The van der Waals surface area contributed by atoms with Crippen LogP contribution < -0.4 is 4.74 Å². The molecule has 1 amide bonds. The summed E-state index contributed by atoms with van der Waals surface area (Å²) in [6.07, 6.45) is 1.83. The molecule has 200 valence electrons. The van der Waals surface area contributed by atoms with Crippen LogP contribution in [0.25, 0.3) is 0 Å². The normalized spacial score (nSPS) is 29.4. The van der Waals surface area contributed by atoms with Gasteiger partial charge in [0.15, 0.2) is 0 Å². The van der Waals surface area contributed by atoms with Gasteiger partial charge in [0.25, 0.3) is 0 Å². The fourth-order valence-corrected chi connectivity index (χ4v) is 8.48. The second-order valence-corrected chi connectivity index (χ2v) is 12.4. The zero-order chi connectivity index (χ0) is 25.5. The minimum Gasteiger partial charge on any atom is -0.406 e. The van der Waals surface area contributed by atoms with Crippen molar-refractivity contribution in [3.8, 4) is 5.75 Å². The number of benzene rings is 1. The molecule has 4 aliphatic heterocycles. The molecule has 36 heavy (non-hydrogen) atoms. The van der Waals surface area contributed by atoms with Crippen molar-refractivity contribution in [3.63, 3.8) is 0 Å². The molecule has 4 saturated heterocycles. The van der Waals surface area contributed by atoms with Crippen LogP contribution in [0.15, 0.2) is 29.2 Å². The maximum atomic E-state index is 13.9. The lowest BCUT2D eigenvalue weighted by atomic mass is 9.70. The Hall–Kier alpha value is -1.85. The standard InChI is InChI=1S/C25H34F3N3O4S/c26-25(27,28)35-19-9-11-20(12-10-19)36(33,34)31-17-18-5-2-13-30-14-3-6-21(24(18)30)22(31)7-1-8-23(32)29-15-4-16-29/h9-12,18,21-22,24H,1-8,13-17H2/t18-,21+,22+,24-/m0/s1. The number of amides is 1. The summed E-state index contributed by atoms with van der Waals surface area (Å²) < 4.78 is 71.0. The molecule has 1 aromatic rings. The summed E-state index contributed by atoms with van der Waals surface area (Å²) in [5.74, 6) is 0.120. The number of hydrogen-bond donors (Lipinski definition) is 0. The number of halogens is 3. The molecule has 4 aliphatic rings. The van der Waals surface area contributed by atoms with Gasteiger partial charge in [0.2, 0.25) is 15.9 Å². The summed E-state index contributed by atoms with van der Waals surface area (Å²) in [5.41, 5.74) is 0. The Morgan fingerprint density at radius 3 is 2.33 bits per heavy atom. The molecule has 5 rings (SSSR count). The summed E-state index contributed by atoms with van der Waals surface area (Å²) in [4.78, 5) is 16.8. The lowest BCUT2D eigenvalue weighted by Gasteiger charge is -2.57. The molecule has 0 saturated carbocycles. The van der Waals surface area contributed by atoms with E-state index in [0.717, 1.165) is 70.4 Å². The van der Waals surface area contributed by atoms with Crippen molar-refractivity contribution in [2.75, 3.05) is 32.7 Å². The van der Waals surface area contributed by atoms with Gasteiger partial charge < -0.3 is 9.64 Å². The first-order valence-corrected chi connectivity index (χ1v) is 14.5. The minimum absolute atomic E-state index is 0.0272. The van der Waals surface area contributed by atoms with Crippen molar-refractivity contribution in [1.82, 2.24) is 14.1 Å². The van der Waals surface area contributed by atoms with Gasteiger partial charge in [-0.2, -0.15) is 4.31 Å². The first-order valence-electron chi connectivity index (χ1n) is 13.0. The van der Waals surface area contributed by atoms with Gasteiger partial charge in [-0.25, -0.2) is 8.42 Å². The van der Waals surface area contributed by atoms with Crippen molar-refractivity contribution in [1.29, 1.82) is 0 Å². The van der Waals surface area contributed by atoms with Gasteiger partial charge in [0.1, 0.15) is 5.75 Å². The maximum absolute atomic E-state index is 13.9. The SMILES string of the molecule is O=C(CCC[C@@H]1[C@H]2CCCN3CCC[C@@H](CN1S(=O)(=O)c1ccc(OC(F)(F)F)cc1)[C@@H]23)N1CCC1. The van der Waals surface area contributed by atoms with Crippen molar-refractivity contribution >= 4 is 15.9 Å². The molecule has 0 spiro atoms.